The Labute approximate surface area is 220 Å². The second-order valence-electron chi connectivity index (χ2n) is 10.4. The van der Waals surface area contributed by atoms with Crippen molar-refractivity contribution in [3.63, 3.8) is 0 Å². The van der Waals surface area contributed by atoms with Crippen molar-refractivity contribution in [1.82, 2.24) is 10.2 Å². The number of aryl methyl sites for hydroxylation is 2. The molecule has 2 amide bonds. The highest BCUT2D eigenvalue weighted by Crippen LogP contribution is 2.22. The summed E-state index contributed by atoms with van der Waals surface area (Å²) in [4.78, 5) is 30.2. The van der Waals surface area contributed by atoms with E-state index in [1.165, 1.54) is 5.56 Å². The molecule has 5 heteroatoms. The third-order valence-corrected chi connectivity index (χ3v) is 6.82. The third kappa shape index (κ3) is 8.87. The maximum atomic E-state index is 13.7. The molecule has 4 nitrogen and oxygen atoms in total. The maximum Gasteiger partial charge on any atom is 0.243 e. The molecule has 36 heavy (non-hydrogen) atoms. The summed E-state index contributed by atoms with van der Waals surface area (Å²) < 4.78 is 0. The number of carbonyl (C=O) groups is 2. The first-order chi connectivity index (χ1) is 17.1. The van der Waals surface area contributed by atoms with Crippen LogP contribution in [0.4, 0.5) is 0 Å². The van der Waals surface area contributed by atoms with Gasteiger partial charge in [-0.2, -0.15) is 0 Å². The lowest BCUT2D eigenvalue weighted by Gasteiger charge is -2.34. The van der Waals surface area contributed by atoms with E-state index in [1.54, 1.807) is 16.7 Å². The molecule has 0 fully saturated rings. The highest BCUT2D eigenvalue weighted by Gasteiger charge is 2.32. The summed E-state index contributed by atoms with van der Waals surface area (Å²) in [6.45, 7) is 10.4. The molecular weight excluding hydrogens is 464 g/mol. The molecule has 1 N–H and O–H groups in total. The number of amides is 2. The monoisotopic (exact) mass is 502 g/mol. The number of nitrogens with zero attached hydrogens (tertiary/aromatic N) is 1. The SMILES string of the molecule is Cc1ccc(SCCC(=O)N(Cc2cccc(C)c2)[C@H](Cc2ccccc2)C(=O)NC(C)(C)C)cc1. The normalized spacial score (nSPS) is 12.1. The zero-order chi connectivity index (χ0) is 26.1. The Morgan fingerprint density at radius 3 is 2.17 bits per heavy atom. The van der Waals surface area contributed by atoms with Gasteiger partial charge in [0.15, 0.2) is 0 Å². The summed E-state index contributed by atoms with van der Waals surface area (Å²) in [6, 6.07) is 25.8. The molecule has 0 heterocycles. The van der Waals surface area contributed by atoms with E-state index in [0.717, 1.165) is 21.6 Å². The van der Waals surface area contributed by atoms with Crippen molar-refractivity contribution >= 4 is 23.6 Å². The van der Waals surface area contributed by atoms with Crippen molar-refractivity contribution < 1.29 is 9.59 Å². The van der Waals surface area contributed by atoms with Crippen molar-refractivity contribution in [2.45, 2.75) is 70.5 Å². The Balaban J connectivity index is 1.86. The Kier molecular flexibility index (Phi) is 9.77. The van der Waals surface area contributed by atoms with Gasteiger partial charge in [0.2, 0.25) is 11.8 Å². The van der Waals surface area contributed by atoms with Crippen LogP contribution in [-0.2, 0) is 22.6 Å². The molecule has 0 radical (unpaired) electrons. The van der Waals surface area contributed by atoms with Crippen LogP contribution in [0, 0.1) is 13.8 Å². The van der Waals surface area contributed by atoms with E-state index < -0.39 is 11.6 Å². The number of rotatable bonds is 10. The Bertz CT molecular complexity index is 1140. The molecular formula is C31H38N2O2S. The first-order valence-electron chi connectivity index (χ1n) is 12.5. The van der Waals surface area contributed by atoms with E-state index in [-0.39, 0.29) is 11.8 Å². The summed E-state index contributed by atoms with van der Waals surface area (Å²) in [7, 11) is 0. The molecule has 0 saturated carbocycles. The molecule has 0 unspecified atom stereocenters. The third-order valence-electron chi connectivity index (χ3n) is 5.81. The van der Waals surface area contributed by atoms with Gasteiger partial charge < -0.3 is 10.2 Å². The minimum atomic E-state index is -0.607. The molecule has 0 aliphatic rings. The van der Waals surface area contributed by atoms with Crippen molar-refractivity contribution in [1.29, 1.82) is 0 Å². The molecule has 3 aromatic carbocycles. The standard InChI is InChI=1S/C31H38N2O2S/c1-23-14-16-27(17-15-23)36-19-18-29(34)33(22-26-13-9-10-24(2)20-26)28(30(35)32-31(3,4)5)21-25-11-7-6-8-12-25/h6-17,20,28H,18-19,21-22H2,1-5H3,(H,32,35)/t28-/m1/s1. The van der Waals surface area contributed by atoms with Crippen LogP contribution in [0.1, 0.15) is 49.4 Å². The largest absolute Gasteiger partial charge is 0.350 e. The fourth-order valence-electron chi connectivity index (χ4n) is 4.05. The van der Waals surface area contributed by atoms with Crippen LogP contribution >= 0.6 is 11.8 Å². The van der Waals surface area contributed by atoms with Gasteiger partial charge in [0.1, 0.15) is 6.04 Å². The second kappa shape index (κ2) is 12.8. The molecule has 190 valence electrons. The zero-order valence-electron chi connectivity index (χ0n) is 22.1. The van der Waals surface area contributed by atoms with Crippen LogP contribution in [0.15, 0.2) is 83.8 Å². The van der Waals surface area contributed by atoms with Crippen molar-refractivity contribution in [2.24, 2.45) is 0 Å². The number of hydrogen-bond donors (Lipinski definition) is 1. The van der Waals surface area contributed by atoms with Gasteiger partial charge in [0.05, 0.1) is 0 Å². The Hall–Kier alpha value is -3.05. The van der Waals surface area contributed by atoms with Gasteiger partial charge >= 0.3 is 0 Å². The molecule has 0 aliphatic heterocycles. The van der Waals surface area contributed by atoms with Gasteiger partial charge in [-0.3, -0.25) is 9.59 Å². The fraction of sp³-hybridized carbons (Fsp3) is 0.355. The number of hydrogen-bond acceptors (Lipinski definition) is 3. The molecule has 0 aliphatic carbocycles. The molecule has 0 aromatic heterocycles. The van der Waals surface area contributed by atoms with E-state index in [0.29, 0.717) is 25.1 Å². The van der Waals surface area contributed by atoms with Crippen molar-refractivity contribution in [2.75, 3.05) is 5.75 Å². The van der Waals surface area contributed by atoms with Crippen LogP contribution in [-0.4, -0.2) is 34.0 Å². The molecule has 0 spiro atoms. The van der Waals surface area contributed by atoms with Crippen molar-refractivity contribution in [3.8, 4) is 0 Å². The lowest BCUT2D eigenvalue weighted by molar-refractivity contribution is -0.141. The Morgan fingerprint density at radius 2 is 1.53 bits per heavy atom. The number of thioether (sulfide) groups is 1. The van der Waals surface area contributed by atoms with Gasteiger partial charge in [0.25, 0.3) is 0 Å². The average molecular weight is 503 g/mol. The highest BCUT2D eigenvalue weighted by atomic mass is 32.2. The van der Waals surface area contributed by atoms with Gasteiger partial charge in [-0.25, -0.2) is 0 Å². The molecule has 0 bridgehead atoms. The minimum absolute atomic E-state index is 0.0129. The molecule has 3 rings (SSSR count). The fourth-order valence-corrected chi connectivity index (χ4v) is 4.89. The summed E-state index contributed by atoms with van der Waals surface area (Å²) in [5.41, 5.74) is 4.01. The summed E-state index contributed by atoms with van der Waals surface area (Å²) in [6.07, 6.45) is 0.823. The average Bonchev–Trinajstić information content (AvgIpc) is 2.82. The topological polar surface area (TPSA) is 49.4 Å². The first-order valence-corrected chi connectivity index (χ1v) is 13.5. The molecule has 1 atom stereocenters. The number of nitrogens with one attached hydrogen (secondary N) is 1. The van der Waals surface area contributed by atoms with Crippen molar-refractivity contribution in [3.05, 3.63) is 101 Å². The quantitative estimate of drug-likeness (QED) is 0.329. The lowest BCUT2D eigenvalue weighted by Crippen LogP contribution is -2.54. The molecule has 3 aromatic rings. The minimum Gasteiger partial charge on any atom is -0.350 e. The number of benzene rings is 3. The zero-order valence-corrected chi connectivity index (χ0v) is 22.9. The maximum absolute atomic E-state index is 13.7. The van der Waals surface area contributed by atoms with Crippen LogP contribution in [0.25, 0.3) is 0 Å². The van der Waals surface area contributed by atoms with E-state index in [4.69, 9.17) is 0 Å². The smallest absolute Gasteiger partial charge is 0.243 e. The van der Waals surface area contributed by atoms with Gasteiger partial charge in [-0.15, -0.1) is 11.8 Å². The second-order valence-corrected chi connectivity index (χ2v) is 11.5. The van der Waals surface area contributed by atoms with E-state index in [2.05, 4.69) is 42.6 Å². The van der Waals surface area contributed by atoms with Crippen LogP contribution in [0.3, 0.4) is 0 Å². The lowest BCUT2D eigenvalue weighted by atomic mass is 10.00. The predicted octanol–water partition coefficient (Wildman–Crippen LogP) is 6.34. The number of carbonyl (C=O) groups excluding carboxylic acids is 2. The van der Waals surface area contributed by atoms with E-state index in [1.807, 2.05) is 76.2 Å². The predicted molar refractivity (Wildman–Crippen MR) is 150 cm³/mol. The van der Waals surface area contributed by atoms with E-state index in [9.17, 15) is 9.59 Å². The van der Waals surface area contributed by atoms with Gasteiger partial charge in [-0.05, 0) is 57.9 Å². The van der Waals surface area contributed by atoms with E-state index >= 15 is 0 Å². The van der Waals surface area contributed by atoms with Gasteiger partial charge in [-0.1, -0.05) is 77.9 Å². The summed E-state index contributed by atoms with van der Waals surface area (Å²) >= 11 is 1.67. The summed E-state index contributed by atoms with van der Waals surface area (Å²) in [5.74, 6) is 0.519. The van der Waals surface area contributed by atoms with Crippen LogP contribution < -0.4 is 5.32 Å². The summed E-state index contributed by atoms with van der Waals surface area (Å²) in [5, 5.41) is 3.12. The van der Waals surface area contributed by atoms with Gasteiger partial charge in [0, 0.05) is 35.6 Å². The van der Waals surface area contributed by atoms with Crippen LogP contribution in [0.2, 0.25) is 0 Å². The molecule has 0 saturated heterocycles. The highest BCUT2D eigenvalue weighted by molar-refractivity contribution is 7.99. The van der Waals surface area contributed by atoms with Crippen LogP contribution in [0.5, 0.6) is 0 Å². The first kappa shape index (κ1) is 27.5. The Morgan fingerprint density at radius 1 is 0.861 bits per heavy atom.